The van der Waals surface area contributed by atoms with E-state index in [-0.39, 0.29) is 22.0 Å². The molecule has 2 aromatic rings. The molecule has 0 bridgehead atoms. The molecule has 0 aliphatic rings. The van der Waals surface area contributed by atoms with E-state index in [1.807, 2.05) is 0 Å². The summed E-state index contributed by atoms with van der Waals surface area (Å²) < 4.78 is 44.5. The highest BCUT2D eigenvalue weighted by atomic mass is 35.5. The molecular formula is C13H13ClFNO4S. The van der Waals surface area contributed by atoms with Crippen LogP contribution in [0.25, 0.3) is 0 Å². The molecule has 0 amide bonds. The largest absolute Gasteiger partial charge is 0.468 e. The lowest BCUT2D eigenvalue weighted by Gasteiger charge is -2.17. The number of halogens is 2. The second-order valence-corrected chi connectivity index (χ2v) is 6.80. The lowest BCUT2D eigenvalue weighted by Crippen LogP contribution is -2.26. The average molecular weight is 334 g/mol. The maximum Gasteiger partial charge on any atom is 0.243 e. The van der Waals surface area contributed by atoms with E-state index in [9.17, 15) is 12.8 Å². The van der Waals surface area contributed by atoms with Crippen LogP contribution in [0.3, 0.4) is 0 Å². The SMILES string of the molecule is CN(Cc1ccco1)S(=O)(=O)c1cc(F)c(Cl)c(CO)c1. The van der Waals surface area contributed by atoms with Crippen LogP contribution >= 0.6 is 11.6 Å². The van der Waals surface area contributed by atoms with E-state index in [0.717, 1.165) is 16.4 Å². The highest BCUT2D eigenvalue weighted by Gasteiger charge is 2.24. The van der Waals surface area contributed by atoms with Crippen LogP contribution in [0.5, 0.6) is 0 Å². The Morgan fingerprint density at radius 1 is 1.43 bits per heavy atom. The van der Waals surface area contributed by atoms with Gasteiger partial charge in [0.25, 0.3) is 0 Å². The van der Waals surface area contributed by atoms with E-state index in [4.69, 9.17) is 21.1 Å². The van der Waals surface area contributed by atoms with Crippen molar-refractivity contribution in [1.29, 1.82) is 0 Å². The predicted molar refractivity (Wildman–Crippen MR) is 74.7 cm³/mol. The van der Waals surface area contributed by atoms with Crippen LogP contribution in [-0.4, -0.2) is 24.9 Å². The molecule has 0 saturated carbocycles. The first-order valence-electron chi connectivity index (χ1n) is 5.93. The number of aliphatic hydroxyl groups is 1. The predicted octanol–water partition coefficient (Wildman–Crippen LogP) is 2.39. The molecule has 0 aliphatic heterocycles. The summed E-state index contributed by atoms with van der Waals surface area (Å²) in [6, 6.07) is 5.25. The normalized spacial score (nSPS) is 12.0. The van der Waals surface area contributed by atoms with Crippen LogP contribution < -0.4 is 0 Å². The van der Waals surface area contributed by atoms with Crippen molar-refractivity contribution < 1.29 is 22.3 Å². The second kappa shape index (κ2) is 6.15. The van der Waals surface area contributed by atoms with Gasteiger partial charge in [-0.1, -0.05) is 11.6 Å². The number of hydrogen-bond donors (Lipinski definition) is 1. The number of sulfonamides is 1. The minimum Gasteiger partial charge on any atom is -0.468 e. The Hall–Kier alpha value is -1.41. The van der Waals surface area contributed by atoms with Crippen molar-refractivity contribution in [2.45, 2.75) is 18.0 Å². The van der Waals surface area contributed by atoms with Gasteiger partial charge in [-0.25, -0.2) is 12.8 Å². The third kappa shape index (κ3) is 3.26. The zero-order valence-electron chi connectivity index (χ0n) is 11.1. The van der Waals surface area contributed by atoms with Crippen molar-refractivity contribution in [3.05, 3.63) is 52.7 Å². The van der Waals surface area contributed by atoms with Gasteiger partial charge in [-0.2, -0.15) is 4.31 Å². The Morgan fingerprint density at radius 2 is 2.14 bits per heavy atom. The zero-order chi connectivity index (χ0) is 15.6. The lowest BCUT2D eigenvalue weighted by atomic mass is 10.2. The summed E-state index contributed by atoms with van der Waals surface area (Å²) in [6.07, 6.45) is 1.43. The fraction of sp³-hybridized carbons (Fsp3) is 0.231. The quantitative estimate of drug-likeness (QED) is 0.912. The van der Waals surface area contributed by atoms with Gasteiger partial charge >= 0.3 is 0 Å². The van der Waals surface area contributed by atoms with E-state index in [1.165, 1.54) is 13.3 Å². The lowest BCUT2D eigenvalue weighted by molar-refractivity contribution is 0.281. The number of aliphatic hydroxyl groups excluding tert-OH is 1. The summed E-state index contributed by atoms with van der Waals surface area (Å²) >= 11 is 5.65. The molecule has 0 aliphatic carbocycles. The third-order valence-electron chi connectivity index (χ3n) is 2.91. The fourth-order valence-electron chi connectivity index (χ4n) is 1.77. The Balaban J connectivity index is 2.37. The van der Waals surface area contributed by atoms with E-state index in [0.29, 0.717) is 5.76 Å². The van der Waals surface area contributed by atoms with Gasteiger partial charge in [0.2, 0.25) is 10.0 Å². The molecule has 0 saturated heterocycles. The van der Waals surface area contributed by atoms with Crippen molar-refractivity contribution >= 4 is 21.6 Å². The Kier molecular flexibility index (Phi) is 4.67. The van der Waals surface area contributed by atoms with E-state index in [1.54, 1.807) is 12.1 Å². The molecule has 114 valence electrons. The summed E-state index contributed by atoms with van der Waals surface area (Å²) in [6.45, 7) is -0.547. The molecule has 5 nitrogen and oxygen atoms in total. The third-order valence-corrected chi connectivity index (χ3v) is 5.12. The van der Waals surface area contributed by atoms with Crippen LogP contribution in [0.2, 0.25) is 5.02 Å². The Bertz CT molecular complexity index is 731. The van der Waals surface area contributed by atoms with Crippen molar-refractivity contribution in [2.75, 3.05) is 7.05 Å². The maximum atomic E-state index is 13.7. The zero-order valence-corrected chi connectivity index (χ0v) is 12.7. The molecule has 21 heavy (non-hydrogen) atoms. The van der Waals surface area contributed by atoms with E-state index in [2.05, 4.69) is 0 Å². The Morgan fingerprint density at radius 3 is 2.71 bits per heavy atom. The molecule has 0 unspecified atom stereocenters. The van der Waals surface area contributed by atoms with Gasteiger partial charge in [-0.3, -0.25) is 0 Å². The standard InChI is InChI=1S/C13H13ClFNO4S/c1-16(7-10-3-2-4-20-10)21(18,19)11-5-9(8-17)13(14)12(15)6-11/h2-6,17H,7-8H2,1H3. The van der Waals surface area contributed by atoms with E-state index < -0.39 is 22.4 Å². The van der Waals surface area contributed by atoms with Gasteiger partial charge in [0.15, 0.2) is 0 Å². The summed E-state index contributed by atoms with van der Waals surface area (Å²) in [7, 11) is -2.57. The van der Waals surface area contributed by atoms with Gasteiger partial charge in [-0.05, 0) is 24.3 Å². The number of nitrogens with zero attached hydrogens (tertiary/aromatic N) is 1. The smallest absolute Gasteiger partial charge is 0.243 e. The molecule has 1 aromatic carbocycles. The molecule has 1 heterocycles. The molecule has 8 heteroatoms. The van der Waals surface area contributed by atoms with Gasteiger partial charge < -0.3 is 9.52 Å². The van der Waals surface area contributed by atoms with E-state index >= 15 is 0 Å². The summed E-state index contributed by atoms with van der Waals surface area (Å²) in [5.41, 5.74) is 0.0154. The van der Waals surface area contributed by atoms with Gasteiger partial charge in [-0.15, -0.1) is 0 Å². The van der Waals surface area contributed by atoms with Crippen molar-refractivity contribution in [3.63, 3.8) is 0 Å². The summed E-state index contributed by atoms with van der Waals surface area (Å²) in [4.78, 5) is -0.275. The van der Waals surface area contributed by atoms with Crippen LogP contribution in [0.15, 0.2) is 39.8 Å². The molecule has 2 rings (SSSR count). The van der Waals surface area contributed by atoms with Crippen molar-refractivity contribution in [2.24, 2.45) is 0 Å². The van der Waals surface area contributed by atoms with Crippen LogP contribution in [0.1, 0.15) is 11.3 Å². The van der Waals surface area contributed by atoms with Crippen molar-refractivity contribution in [1.82, 2.24) is 4.31 Å². The summed E-state index contributed by atoms with van der Waals surface area (Å²) in [5.74, 6) is -0.439. The first-order valence-corrected chi connectivity index (χ1v) is 7.75. The number of rotatable bonds is 5. The molecular weight excluding hydrogens is 321 g/mol. The molecule has 0 atom stereocenters. The van der Waals surface area contributed by atoms with Gasteiger partial charge in [0, 0.05) is 12.6 Å². The summed E-state index contributed by atoms with van der Waals surface area (Å²) in [5, 5.41) is 8.82. The van der Waals surface area contributed by atoms with Crippen LogP contribution in [0, 0.1) is 5.82 Å². The minimum atomic E-state index is -3.92. The molecule has 1 aromatic heterocycles. The van der Waals surface area contributed by atoms with Gasteiger partial charge in [0.1, 0.15) is 11.6 Å². The topological polar surface area (TPSA) is 70.8 Å². The molecule has 1 N–H and O–H groups in total. The number of hydrogen-bond acceptors (Lipinski definition) is 4. The number of benzene rings is 1. The minimum absolute atomic E-state index is 0.00797. The first kappa shape index (κ1) is 16.0. The van der Waals surface area contributed by atoms with Crippen molar-refractivity contribution in [3.8, 4) is 0 Å². The molecule has 0 spiro atoms. The van der Waals surface area contributed by atoms with Crippen LogP contribution in [-0.2, 0) is 23.2 Å². The maximum absolute atomic E-state index is 13.7. The monoisotopic (exact) mass is 333 g/mol. The average Bonchev–Trinajstić information content (AvgIpc) is 2.94. The first-order chi connectivity index (χ1) is 9.86. The Labute approximate surface area is 126 Å². The van der Waals surface area contributed by atoms with Crippen LogP contribution in [0.4, 0.5) is 4.39 Å². The highest BCUT2D eigenvalue weighted by Crippen LogP contribution is 2.26. The highest BCUT2D eigenvalue weighted by molar-refractivity contribution is 7.89. The van der Waals surface area contributed by atoms with Gasteiger partial charge in [0.05, 0.1) is 29.3 Å². The number of furan rings is 1. The molecule has 0 radical (unpaired) electrons. The fourth-order valence-corrected chi connectivity index (χ4v) is 3.14. The second-order valence-electron chi connectivity index (χ2n) is 4.38. The molecule has 0 fully saturated rings.